The number of benzene rings is 3. The highest BCUT2D eigenvalue weighted by molar-refractivity contribution is 7.15. The second kappa shape index (κ2) is 9.10. The highest BCUT2D eigenvalue weighted by atomic mass is 31.0. The van der Waals surface area contributed by atoms with Gasteiger partial charge in [0.05, 0.1) is 0 Å². The third kappa shape index (κ3) is 4.99. The maximum Gasteiger partial charge on any atom is 0.0413 e. The molecule has 0 radical (unpaired) electrons. The van der Waals surface area contributed by atoms with Gasteiger partial charge in [-0.25, -0.2) is 0 Å². The molecule has 168 valence electrons. The molecule has 1 heterocycles. The van der Waals surface area contributed by atoms with Crippen LogP contribution in [0.15, 0.2) is 72.8 Å². The summed E-state index contributed by atoms with van der Waals surface area (Å²) in [6.07, 6.45) is 4.06. The Morgan fingerprint density at radius 2 is 1.22 bits per heavy atom. The number of rotatable bonds is 5. The molecule has 0 aromatic heterocycles. The average Bonchev–Trinajstić information content (AvgIpc) is 2.78. The van der Waals surface area contributed by atoms with Crippen LogP contribution in [0.1, 0.15) is 51.7 Å². The summed E-state index contributed by atoms with van der Waals surface area (Å²) in [7, 11) is 2.78. The summed E-state index contributed by atoms with van der Waals surface area (Å²) in [5, 5.41) is 12.1. The van der Waals surface area contributed by atoms with Crippen LogP contribution in [0.4, 0.5) is 0 Å². The van der Waals surface area contributed by atoms with E-state index in [2.05, 4.69) is 110 Å². The Morgan fingerprint density at radius 1 is 0.750 bits per heavy atom. The monoisotopic (exact) mass is 445 g/mol. The fourth-order valence-electron chi connectivity index (χ4n) is 5.50. The minimum Gasteiger partial charge on any atom is -0.313 e. The van der Waals surface area contributed by atoms with E-state index in [1.165, 1.54) is 33.4 Å². The van der Waals surface area contributed by atoms with Crippen LogP contribution in [0.2, 0.25) is 0 Å². The zero-order chi connectivity index (χ0) is 22.9. The molecule has 3 aromatic rings. The van der Waals surface area contributed by atoms with Crippen LogP contribution in [0.3, 0.4) is 0 Å². The van der Waals surface area contributed by atoms with Crippen molar-refractivity contribution in [2.24, 2.45) is 5.92 Å². The first-order chi connectivity index (χ1) is 15.2. The Morgan fingerprint density at radius 3 is 1.69 bits per heavy atom. The van der Waals surface area contributed by atoms with Crippen LogP contribution in [-0.2, 0) is 12.6 Å². The van der Waals surface area contributed by atoms with Gasteiger partial charge in [-0.1, -0.05) is 66.7 Å². The molecule has 4 rings (SSSR count). The van der Waals surface area contributed by atoms with E-state index >= 15 is 0 Å². The highest BCUT2D eigenvalue weighted by Crippen LogP contribution is 2.41. The molecule has 1 saturated heterocycles. The van der Waals surface area contributed by atoms with Gasteiger partial charge in [0.1, 0.15) is 0 Å². The lowest BCUT2D eigenvalue weighted by atomic mass is 9.73. The molecule has 0 bridgehead atoms. The molecule has 0 spiro atoms. The first kappa shape index (κ1) is 23.2. The SMILES string of the molecule is CC1(C)CC(Cc2ccc(-c3cccc(-c4ccc(CP)cc4)c3)cc2)CC(C)(C)N1O. The lowest BCUT2D eigenvalue weighted by Crippen LogP contribution is -2.59. The van der Waals surface area contributed by atoms with Crippen LogP contribution in [0.25, 0.3) is 22.3 Å². The zero-order valence-corrected chi connectivity index (χ0v) is 21.0. The largest absolute Gasteiger partial charge is 0.313 e. The summed E-state index contributed by atoms with van der Waals surface area (Å²) in [5.41, 5.74) is 7.33. The van der Waals surface area contributed by atoms with E-state index in [0.717, 1.165) is 25.4 Å². The van der Waals surface area contributed by atoms with Gasteiger partial charge in [-0.15, -0.1) is 9.24 Å². The van der Waals surface area contributed by atoms with Crippen LogP contribution in [-0.4, -0.2) is 21.3 Å². The Kier molecular flexibility index (Phi) is 6.59. The topological polar surface area (TPSA) is 23.5 Å². The fraction of sp³-hybridized carbons (Fsp3) is 0.379. The van der Waals surface area contributed by atoms with Gasteiger partial charge in [-0.3, -0.25) is 0 Å². The summed E-state index contributed by atoms with van der Waals surface area (Å²) < 4.78 is 0. The standard InChI is InChI=1S/C29H36NOP/c1-28(2)18-23(19-29(3,4)30(28)31)16-21-8-12-24(13-9-21)26-6-5-7-27(17-26)25-14-10-22(20-32)11-15-25/h5-15,17,23,31H,16,18-20,32H2,1-4H3. The second-order valence-corrected chi connectivity index (χ2v) is 11.0. The number of hydroxylamine groups is 2. The number of nitrogens with zero attached hydrogens (tertiary/aromatic N) is 1. The fourth-order valence-corrected chi connectivity index (χ4v) is 5.77. The van der Waals surface area contributed by atoms with Gasteiger partial charge in [0, 0.05) is 11.1 Å². The van der Waals surface area contributed by atoms with Gasteiger partial charge in [-0.05, 0) is 98.5 Å². The van der Waals surface area contributed by atoms with E-state index in [9.17, 15) is 5.21 Å². The molecule has 0 amide bonds. The summed E-state index contributed by atoms with van der Waals surface area (Å²) >= 11 is 0. The van der Waals surface area contributed by atoms with Gasteiger partial charge in [0.15, 0.2) is 0 Å². The second-order valence-electron chi connectivity index (χ2n) is 10.6. The molecule has 1 unspecified atom stereocenters. The van der Waals surface area contributed by atoms with Crippen LogP contribution in [0, 0.1) is 5.92 Å². The third-order valence-corrected chi connectivity index (χ3v) is 7.39. The van der Waals surface area contributed by atoms with Gasteiger partial charge in [0.25, 0.3) is 0 Å². The van der Waals surface area contributed by atoms with Crippen molar-refractivity contribution in [3.8, 4) is 22.3 Å². The van der Waals surface area contributed by atoms with Crippen molar-refractivity contribution in [3.63, 3.8) is 0 Å². The summed E-state index contributed by atoms with van der Waals surface area (Å²) in [6, 6.07) is 26.7. The van der Waals surface area contributed by atoms with E-state index in [1.54, 1.807) is 5.06 Å². The van der Waals surface area contributed by atoms with Crippen LogP contribution >= 0.6 is 9.24 Å². The maximum atomic E-state index is 10.6. The molecular formula is C29H36NOP. The van der Waals surface area contributed by atoms with Crippen molar-refractivity contribution >= 4 is 9.24 Å². The van der Waals surface area contributed by atoms with Crippen molar-refractivity contribution in [1.29, 1.82) is 0 Å². The summed E-state index contributed by atoms with van der Waals surface area (Å²) in [5.74, 6) is 0.571. The van der Waals surface area contributed by atoms with E-state index < -0.39 is 0 Å². The van der Waals surface area contributed by atoms with Gasteiger partial charge < -0.3 is 5.21 Å². The van der Waals surface area contributed by atoms with E-state index in [-0.39, 0.29) is 11.1 Å². The Hall–Kier alpha value is -1.99. The Labute approximate surface area is 195 Å². The van der Waals surface area contributed by atoms with E-state index in [1.807, 2.05) is 0 Å². The molecule has 1 aliphatic rings. The lowest BCUT2D eigenvalue weighted by molar-refractivity contribution is -0.250. The minimum atomic E-state index is -0.193. The predicted molar refractivity (Wildman–Crippen MR) is 139 cm³/mol. The van der Waals surface area contributed by atoms with Crippen molar-refractivity contribution in [1.82, 2.24) is 5.06 Å². The van der Waals surface area contributed by atoms with E-state index in [0.29, 0.717) is 5.92 Å². The van der Waals surface area contributed by atoms with Gasteiger partial charge in [0.2, 0.25) is 0 Å². The quantitative estimate of drug-likeness (QED) is 0.409. The molecule has 1 N–H and O–H groups in total. The van der Waals surface area contributed by atoms with Crippen molar-refractivity contribution in [2.75, 3.05) is 0 Å². The molecule has 3 aromatic carbocycles. The lowest BCUT2D eigenvalue weighted by Gasteiger charge is -2.51. The number of hydrogen-bond acceptors (Lipinski definition) is 2. The molecule has 1 atom stereocenters. The molecule has 1 fully saturated rings. The molecule has 0 saturated carbocycles. The average molecular weight is 446 g/mol. The molecule has 3 heteroatoms. The third-order valence-electron chi connectivity index (χ3n) is 6.92. The minimum absolute atomic E-state index is 0.193. The molecule has 32 heavy (non-hydrogen) atoms. The zero-order valence-electron chi connectivity index (χ0n) is 19.8. The van der Waals surface area contributed by atoms with Crippen molar-refractivity contribution in [2.45, 2.75) is 64.2 Å². The van der Waals surface area contributed by atoms with Gasteiger partial charge in [-0.2, -0.15) is 5.06 Å². The number of piperidine rings is 1. The molecule has 0 aliphatic carbocycles. The molecule has 1 aliphatic heterocycles. The molecule has 2 nitrogen and oxygen atoms in total. The van der Waals surface area contributed by atoms with Gasteiger partial charge >= 0.3 is 0 Å². The van der Waals surface area contributed by atoms with Crippen LogP contribution < -0.4 is 0 Å². The van der Waals surface area contributed by atoms with Crippen molar-refractivity contribution < 1.29 is 5.21 Å². The normalized spacial score (nSPS) is 18.6. The first-order valence-corrected chi connectivity index (χ1v) is 12.5. The summed E-state index contributed by atoms with van der Waals surface area (Å²) in [4.78, 5) is 0. The first-order valence-electron chi connectivity index (χ1n) is 11.7. The van der Waals surface area contributed by atoms with E-state index in [4.69, 9.17) is 0 Å². The maximum absolute atomic E-state index is 10.6. The molecular weight excluding hydrogens is 409 g/mol. The summed E-state index contributed by atoms with van der Waals surface area (Å²) in [6.45, 7) is 8.58. The van der Waals surface area contributed by atoms with Crippen molar-refractivity contribution in [3.05, 3.63) is 83.9 Å². The predicted octanol–water partition coefficient (Wildman–Crippen LogP) is 7.60. The Balaban J connectivity index is 1.49. The smallest absolute Gasteiger partial charge is 0.0413 e. The Bertz CT molecular complexity index is 1040. The van der Waals surface area contributed by atoms with Crippen LogP contribution in [0.5, 0.6) is 0 Å². The number of hydrogen-bond donors (Lipinski definition) is 1. The highest BCUT2D eigenvalue weighted by Gasteiger charge is 2.44.